The fraction of sp³-hybridized carbons (Fsp3) is 0.529. The summed E-state index contributed by atoms with van der Waals surface area (Å²) in [6.07, 6.45) is 6.28. The van der Waals surface area contributed by atoms with Crippen LogP contribution in [0.5, 0.6) is 5.75 Å². The molecule has 0 aliphatic heterocycles. The van der Waals surface area contributed by atoms with Gasteiger partial charge in [0.15, 0.2) is 0 Å². The van der Waals surface area contributed by atoms with Crippen molar-refractivity contribution in [1.29, 1.82) is 0 Å². The van der Waals surface area contributed by atoms with E-state index in [1.807, 2.05) is 0 Å². The van der Waals surface area contributed by atoms with Gasteiger partial charge >= 0.3 is 5.97 Å². The van der Waals surface area contributed by atoms with Crippen molar-refractivity contribution in [1.82, 2.24) is 0 Å². The third kappa shape index (κ3) is 7.49. The zero-order valence-corrected chi connectivity index (χ0v) is 12.7. The number of hydrogen-bond donors (Lipinski definition) is 0. The summed E-state index contributed by atoms with van der Waals surface area (Å²) in [5.41, 5.74) is 0.546. The molecule has 1 rings (SSSR count). The van der Waals surface area contributed by atoms with Crippen molar-refractivity contribution in [3.8, 4) is 5.75 Å². The number of benzene rings is 1. The first-order valence-electron chi connectivity index (χ1n) is 7.61. The van der Waals surface area contributed by atoms with E-state index in [0.29, 0.717) is 25.2 Å². The largest absolute Gasteiger partial charge is 0.494 e. The molecule has 0 saturated carbocycles. The third-order valence-electron chi connectivity index (χ3n) is 3.06. The third-order valence-corrected chi connectivity index (χ3v) is 3.06. The van der Waals surface area contributed by atoms with Gasteiger partial charge in [-0.2, -0.15) is 0 Å². The number of carbonyl (C=O) groups excluding carboxylic acids is 2. The molecule has 4 nitrogen and oxygen atoms in total. The molecule has 0 N–H and O–H groups in total. The van der Waals surface area contributed by atoms with Crippen molar-refractivity contribution < 1.29 is 19.1 Å². The van der Waals surface area contributed by atoms with Gasteiger partial charge in [-0.1, -0.05) is 13.3 Å². The lowest BCUT2D eigenvalue weighted by atomic mass is 10.2. The van der Waals surface area contributed by atoms with Crippen molar-refractivity contribution >= 4 is 12.3 Å². The topological polar surface area (TPSA) is 52.6 Å². The molecule has 0 aliphatic rings. The second kappa shape index (κ2) is 10.9. The lowest BCUT2D eigenvalue weighted by molar-refractivity contribution is -0.107. The monoisotopic (exact) mass is 292 g/mol. The van der Waals surface area contributed by atoms with Gasteiger partial charge in [0.2, 0.25) is 0 Å². The van der Waals surface area contributed by atoms with Crippen LogP contribution in [0.15, 0.2) is 24.3 Å². The molecule has 1 aromatic carbocycles. The molecule has 0 atom stereocenters. The highest BCUT2D eigenvalue weighted by Gasteiger charge is 2.06. The molecule has 0 aromatic heterocycles. The maximum Gasteiger partial charge on any atom is 0.338 e. The molecular weight excluding hydrogens is 268 g/mol. The van der Waals surface area contributed by atoms with E-state index in [2.05, 4.69) is 6.92 Å². The molecule has 0 unspecified atom stereocenters. The molecule has 0 spiro atoms. The summed E-state index contributed by atoms with van der Waals surface area (Å²) in [5, 5.41) is 0. The Morgan fingerprint density at radius 1 is 1.05 bits per heavy atom. The Morgan fingerprint density at radius 2 is 1.81 bits per heavy atom. The fourth-order valence-electron chi connectivity index (χ4n) is 1.78. The predicted molar refractivity (Wildman–Crippen MR) is 81.7 cm³/mol. The van der Waals surface area contributed by atoms with Crippen molar-refractivity contribution in [2.45, 2.75) is 45.4 Å². The minimum Gasteiger partial charge on any atom is -0.494 e. The minimum atomic E-state index is -0.288. The van der Waals surface area contributed by atoms with E-state index in [9.17, 15) is 9.59 Å². The molecule has 0 radical (unpaired) electrons. The first-order valence-corrected chi connectivity index (χ1v) is 7.61. The average molecular weight is 292 g/mol. The van der Waals surface area contributed by atoms with Gasteiger partial charge in [-0.05, 0) is 49.9 Å². The predicted octanol–water partition coefficient (Wildman–Crippen LogP) is 3.78. The Morgan fingerprint density at radius 3 is 2.48 bits per heavy atom. The number of aldehydes is 1. The molecule has 0 bridgehead atoms. The Hall–Kier alpha value is -1.84. The fourth-order valence-corrected chi connectivity index (χ4v) is 1.78. The van der Waals surface area contributed by atoms with Crippen LogP contribution in [-0.2, 0) is 9.53 Å². The maximum atomic E-state index is 11.7. The van der Waals surface area contributed by atoms with E-state index in [0.717, 1.165) is 44.1 Å². The SMILES string of the molecule is CCCCOC(=O)c1ccc(OCCCCCC=O)cc1. The van der Waals surface area contributed by atoms with Crippen LogP contribution in [0.2, 0.25) is 0 Å². The Balaban J connectivity index is 2.26. The van der Waals surface area contributed by atoms with Gasteiger partial charge in [-0.15, -0.1) is 0 Å². The van der Waals surface area contributed by atoms with Gasteiger partial charge in [0.05, 0.1) is 18.8 Å². The lowest BCUT2D eigenvalue weighted by Crippen LogP contribution is -2.06. The highest BCUT2D eigenvalue weighted by molar-refractivity contribution is 5.89. The molecule has 1 aromatic rings. The van der Waals surface area contributed by atoms with Crippen molar-refractivity contribution in [3.05, 3.63) is 29.8 Å². The zero-order valence-electron chi connectivity index (χ0n) is 12.7. The number of hydrogen-bond acceptors (Lipinski definition) is 4. The van der Waals surface area contributed by atoms with E-state index < -0.39 is 0 Å². The standard InChI is InChI=1S/C17H24O4/c1-2-3-13-21-17(19)15-8-10-16(11-9-15)20-14-7-5-4-6-12-18/h8-12H,2-7,13-14H2,1H3. The molecule has 4 heteroatoms. The molecule has 0 saturated heterocycles. The van der Waals surface area contributed by atoms with E-state index in [-0.39, 0.29) is 5.97 Å². The van der Waals surface area contributed by atoms with Crippen LogP contribution in [0.3, 0.4) is 0 Å². The zero-order chi connectivity index (χ0) is 15.3. The van der Waals surface area contributed by atoms with Crippen LogP contribution < -0.4 is 4.74 Å². The number of ether oxygens (including phenoxy) is 2. The van der Waals surface area contributed by atoms with Crippen molar-refractivity contribution in [3.63, 3.8) is 0 Å². The molecule has 116 valence electrons. The van der Waals surface area contributed by atoms with Crippen LogP contribution in [0.25, 0.3) is 0 Å². The van der Waals surface area contributed by atoms with Gasteiger partial charge < -0.3 is 14.3 Å². The summed E-state index contributed by atoms with van der Waals surface area (Å²) >= 11 is 0. The van der Waals surface area contributed by atoms with E-state index >= 15 is 0 Å². The number of unbranched alkanes of at least 4 members (excludes halogenated alkanes) is 4. The summed E-state index contributed by atoms with van der Waals surface area (Å²) in [6, 6.07) is 7.00. The second-order valence-corrected chi connectivity index (χ2v) is 4.88. The minimum absolute atomic E-state index is 0.288. The lowest BCUT2D eigenvalue weighted by Gasteiger charge is -2.07. The highest BCUT2D eigenvalue weighted by Crippen LogP contribution is 2.14. The number of esters is 1. The molecule has 0 fully saturated rings. The quantitative estimate of drug-likeness (QED) is 0.354. The Labute approximate surface area is 126 Å². The van der Waals surface area contributed by atoms with Gasteiger partial charge in [-0.25, -0.2) is 4.79 Å². The van der Waals surface area contributed by atoms with E-state index in [4.69, 9.17) is 9.47 Å². The Bertz CT molecular complexity index is 411. The summed E-state index contributed by atoms with van der Waals surface area (Å²) in [4.78, 5) is 21.9. The van der Waals surface area contributed by atoms with Crippen LogP contribution >= 0.6 is 0 Å². The van der Waals surface area contributed by atoms with Crippen LogP contribution in [-0.4, -0.2) is 25.5 Å². The Kier molecular flexibility index (Phi) is 8.93. The smallest absolute Gasteiger partial charge is 0.338 e. The van der Waals surface area contributed by atoms with Gasteiger partial charge in [0.1, 0.15) is 12.0 Å². The molecule has 0 aliphatic carbocycles. The normalized spacial score (nSPS) is 10.1. The molecule has 0 heterocycles. The van der Waals surface area contributed by atoms with Crippen LogP contribution in [0, 0.1) is 0 Å². The summed E-state index contributed by atoms with van der Waals surface area (Å²) in [7, 11) is 0. The van der Waals surface area contributed by atoms with E-state index in [1.54, 1.807) is 24.3 Å². The number of carbonyl (C=O) groups is 2. The summed E-state index contributed by atoms with van der Waals surface area (Å²) < 4.78 is 10.7. The van der Waals surface area contributed by atoms with Crippen molar-refractivity contribution in [2.24, 2.45) is 0 Å². The molecule has 21 heavy (non-hydrogen) atoms. The number of rotatable bonds is 11. The highest BCUT2D eigenvalue weighted by atomic mass is 16.5. The molecular formula is C17H24O4. The maximum absolute atomic E-state index is 11.7. The van der Waals surface area contributed by atoms with Crippen LogP contribution in [0.1, 0.15) is 55.8 Å². The first kappa shape index (κ1) is 17.2. The van der Waals surface area contributed by atoms with E-state index in [1.165, 1.54) is 0 Å². The first-order chi connectivity index (χ1) is 10.3. The van der Waals surface area contributed by atoms with Gasteiger partial charge in [0, 0.05) is 6.42 Å². The van der Waals surface area contributed by atoms with Crippen molar-refractivity contribution in [2.75, 3.05) is 13.2 Å². The second-order valence-electron chi connectivity index (χ2n) is 4.88. The van der Waals surface area contributed by atoms with Gasteiger partial charge in [-0.3, -0.25) is 0 Å². The summed E-state index contributed by atoms with van der Waals surface area (Å²) in [5.74, 6) is 0.458. The average Bonchev–Trinajstić information content (AvgIpc) is 2.51. The van der Waals surface area contributed by atoms with Crippen LogP contribution in [0.4, 0.5) is 0 Å². The van der Waals surface area contributed by atoms with Gasteiger partial charge in [0.25, 0.3) is 0 Å². The summed E-state index contributed by atoms with van der Waals surface area (Å²) in [6.45, 7) is 3.15. The molecule has 0 amide bonds.